The number of aromatic nitrogens is 2. The molecular formula is C17H15Cl2N3. The zero-order valence-electron chi connectivity index (χ0n) is 11.8. The minimum absolute atomic E-state index is 0.529. The minimum atomic E-state index is 0.529. The van der Waals surface area contributed by atoms with E-state index < -0.39 is 0 Å². The van der Waals surface area contributed by atoms with Crippen LogP contribution in [0.25, 0.3) is 11.4 Å². The Morgan fingerprint density at radius 1 is 0.955 bits per heavy atom. The lowest BCUT2D eigenvalue weighted by Crippen LogP contribution is -2.02. The lowest BCUT2D eigenvalue weighted by molar-refractivity contribution is 0.806. The van der Waals surface area contributed by atoms with Gasteiger partial charge in [0.1, 0.15) is 5.82 Å². The molecule has 0 fully saturated rings. The summed E-state index contributed by atoms with van der Waals surface area (Å²) < 4.78 is 2.08. The minimum Gasteiger partial charge on any atom is -0.327 e. The first-order chi connectivity index (χ1) is 10.7. The summed E-state index contributed by atoms with van der Waals surface area (Å²) in [6.45, 7) is 1.29. The Kier molecular flexibility index (Phi) is 4.48. The number of hydrogen-bond donors (Lipinski definition) is 1. The van der Waals surface area contributed by atoms with Gasteiger partial charge in [-0.3, -0.25) is 0 Å². The first-order valence-corrected chi connectivity index (χ1v) is 7.67. The van der Waals surface area contributed by atoms with Gasteiger partial charge in [-0.1, -0.05) is 47.5 Å². The van der Waals surface area contributed by atoms with E-state index in [0.717, 1.165) is 23.5 Å². The normalized spacial score (nSPS) is 10.9. The number of benzene rings is 2. The molecule has 3 aromatic rings. The first kappa shape index (κ1) is 15.1. The molecule has 3 rings (SSSR count). The standard InChI is InChI=1S/C17H15Cl2N3/c18-15-6-5-14(9-16(15)19)17-21-7-8-22(17)11-13-3-1-12(10-20)2-4-13/h1-9H,10-11,20H2. The van der Waals surface area contributed by atoms with Crippen LogP contribution in [0.3, 0.4) is 0 Å². The van der Waals surface area contributed by atoms with Crippen LogP contribution in [0, 0.1) is 0 Å². The van der Waals surface area contributed by atoms with E-state index in [-0.39, 0.29) is 0 Å². The number of rotatable bonds is 4. The molecule has 0 aliphatic carbocycles. The number of hydrogen-bond acceptors (Lipinski definition) is 2. The van der Waals surface area contributed by atoms with Crippen LogP contribution in [-0.4, -0.2) is 9.55 Å². The summed E-state index contributed by atoms with van der Waals surface area (Å²) >= 11 is 12.1. The topological polar surface area (TPSA) is 43.8 Å². The van der Waals surface area contributed by atoms with E-state index in [4.69, 9.17) is 28.9 Å². The van der Waals surface area contributed by atoms with E-state index in [2.05, 4.69) is 21.7 Å². The molecule has 0 radical (unpaired) electrons. The van der Waals surface area contributed by atoms with Gasteiger partial charge in [0.05, 0.1) is 10.0 Å². The third kappa shape index (κ3) is 3.17. The molecule has 0 bridgehead atoms. The maximum Gasteiger partial charge on any atom is 0.140 e. The summed E-state index contributed by atoms with van der Waals surface area (Å²) in [5.74, 6) is 0.862. The third-order valence-electron chi connectivity index (χ3n) is 3.50. The Balaban J connectivity index is 1.89. The van der Waals surface area contributed by atoms with Crippen LogP contribution in [0.2, 0.25) is 10.0 Å². The number of halogens is 2. The van der Waals surface area contributed by atoms with Crippen LogP contribution in [0.1, 0.15) is 11.1 Å². The Bertz CT molecular complexity index is 779. The largest absolute Gasteiger partial charge is 0.327 e. The maximum atomic E-state index is 6.10. The molecule has 0 unspecified atom stereocenters. The molecule has 0 atom stereocenters. The van der Waals surface area contributed by atoms with Gasteiger partial charge in [-0.2, -0.15) is 0 Å². The quantitative estimate of drug-likeness (QED) is 0.771. The van der Waals surface area contributed by atoms with Crippen LogP contribution >= 0.6 is 23.2 Å². The second kappa shape index (κ2) is 6.53. The van der Waals surface area contributed by atoms with E-state index in [9.17, 15) is 0 Å². The van der Waals surface area contributed by atoms with Gasteiger partial charge in [0.2, 0.25) is 0 Å². The van der Waals surface area contributed by atoms with E-state index >= 15 is 0 Å². The van der Waals surface area contributed by atoms with Gasteiger partial charge in [-0.15, -0.1) is 0 Å². The summed E-state index contributed by atoms with van der Waals surface area (Å²) in [7, 11) is 0. The average Bonchev–Trinajstić information content (AvgIpc) is 2.99. The molecule has 0 aliphatic heterocycles. The van der Waals surface area contributed by atoms with E-state index in [1.54, 1.807) is 12.3 Å². The van der Waals surface area contributed by atoms with Crippen LogP contribution < -0.4 is 5.73 Å². The molecule has 1 heterocycles. The summed E-state index contributed by atoms with van der Waals surface area (Å²) in [5, 5.41) is 1.07. The number of imidazole rings is 1. The molecule has 5 heteroatoms. The van der Waals surface area contributed by atoms with Gasteiger partial charge in [0.15, 0.2) is 0 Å². The van der Waals surface area contributed by atoms with Crippen molar-refractivity contribution in [2.24, 2.45) is 5.73 Å². The SMILES string of the molecule is NCc1ccc(Cn2ccnc2-c2ccc(Cl)c(Cl)c2)cc1. The van der Waals surface area contributed by atoms with Crippen molar-refractivity contribution < 1.29 is 0 Å². The van der Waals surface area contributed by atoms with Gasteiger partial charge in [0, 0.05) is 31.0 Å². The smallest absolute Gasteiger partial charge is 0.140 e. The Labute approximate surface area is 139 Å². The lowest BCUT2D eigenvalue weighted by Gasteiger charge is -2.09. The molecule has 1 aromatic heterocycles. The molecule has 2 aromatic carbocycles. The summed E-state index contributed by atoms with van der Waals surface area (Å²) in [6, 6.07) is 13.8. The molecule has 0 saturated heterocycles. The van der Waals surface area contributed by atoms with E-state index in [1.807, 2.05) is 30.5 Å². The van der Waals surface area contributed by atoms with E-state index in [1.165, 1.54) is 5.56 Å². The summed E-state index contributed by atoms with van der Waals surface area (Å²) in [4.78, 5) is 4.43. The number of nitrogens with zero attached hydrogens (tertiary/aromatic N) is 2. The van der Waals surface area contributed by atoms with Gasteiger partial charge in [-0.25, -0.2) is 4.98 Å². The molecule has 3 nitrogen and oxygen atoms in total. The second-order valence-corrected chi connectivity index (χ2v) is 5.84. The number of nitrogens with two attached hydrogens (primary N) is 1. The maximum absolute atomic E-state index is 6.10. The second-order valence-electron chi connectivity index (χ2n) is 5.03. The predicted molar refractivity (Wildman–Crippen MR) is 91.1 cm³/mol. The van der Waals surface area contributed by atoms with Crippen molar-refractivity contribution >= 4 is 23.2 Å². The van der Waals surface area contributed by atoms with Crippen LogP contribution in [0.5, 0.6) is 0 Å². The molecule has 112 valence electrons. The molecule has 0 aliphatic rings. The first-order valence-electron chi connectivity index (χ1n) is 6.92. The monoisotopic (exact) mass is 331 g/mol. The highest BCUT2D eigenvalue weighted by molar-refractivity contribution is 6.42. The zero-order chi connectivity index (χ0) is 15.5. The van der Waals surface area contributed by atoms with Crippen molar-refractivity contribution in [1.82, 2.24) is 9.55 Å². The fraction of sp³-hybridized carbons (Fsp3) is 0.118. The van der Waals surface area contributed by atoms with Crippen molar-refractivity contribution in [2.75, 3.05) is 0 Å². The third-order valence-corrected chi connectivity index (χ3v) is 4.24. The molecule has 0 spiro atoms. The van der Waals surface area contributed by atoms with Crippen LogP contribution in [0.15, 0.2) is 54.9 Å². The van der Waals surface area contributed by atoms with Crippen molar-refractivity contribution in [1.29, 1.82) is 0 Å². The predicted octanol–water partition coefficient (Wildman–Crippen LogP) is 4.36. The van der Waals surface area contributed by atoms with Crippen molar-refractivity contribution in [3.8, 4) is 11.4 Å². The van der Waals surface area contributed by atoms with E-state index in [0.29, 0.717) is 16.6 Å². The fourth-order valence-corrected chi connectivity index (χ4v) is 2.61. The van der Waals surface area contributed by atoms with Crippen molar-refractivity contribution in [2.45, 2.75) is 13.1 Å². The molecule has 22 heavy (non-hydrogen) atoms. The average molecular weight is 332 g/mol. The Hall–Kier alpha value is -1.81. The van der Waals surface area contributed by atoms with Crippen molar-refractivity contribution in [3.05, 3.63) is 76.0 Å². The van der Waals surface area contributed by atoms with Gasteiger partial charge in [-0.05, 0) is 29.3 Å². The highest BCUT2D eigenvalue weighted by atomic mass is 35.5. The highest BCUT2D eigenvalue weighted by Gasteiger charge is 2.08. The van der Waals surface area contributed by atoms with Crippen LogP contribution in [0.4, 0.5) is 0 Å². The Morgan fingerprint density at radius 2 is 1.68 bits per heavy atom. The highest BCUT2D eigenvalue weighted by Crippen LogP contribution is 2.28. The summed E-state index contributed by atoms with van der Waals surface area (Å²) in [5.41, 5.74) is 8.88. The van der Waals surface area contributed by atoms with Gasteiger partial charge >= 0.3 is 0 Å². The molecular weight excluding hydrogens is 317 g/mol. The van der Waals surface area contributed by atoms with Gasteiger partial charge in [0.25, 0.3) is 0 Å². The fourth-order valence-electron chi connectivity index (χ4n) is 2.31. The van der Waals surface area contributed by atoms with Crippen molar-refractivity contribution in [3.63, 3.8) is 0 Å². The molecule has 0 saturated carbocycles. The molecule has 2 N–H and O–H groups in total. The van der Waals surface area contributed by atoms with Crippen LogP contribution in [-0.2, 0) is 13.1 Å². The Morgan fingerprint density at radius 3 is 2.36 bits per heavy atom. The lowest BCUT2D eigenvalue weighted by atomic mass is 10.1. The zero-order valence-corrected chi connectivity index (χ0v) is 13.3. The van der Waals surface area contributed by atoms with Gasteiger partial charge < -0.3 is 10.3 Å². The molecule has 0 amide bonds. The summed E-state index contributed by atoms with van der Waals surface area (Å²) in [6.07, 6.45) is 3.74.